The van der Waals surface area contributed by atoms with E-state index in [-0.39, 0.29) is 5.89 Å². The maximum atomic E-state index is 10.6. The van der Waals surface area contributed by atoms with Gasteiger partial charge in [-0.3, -0.25) is 0 Å². The quantitative estimate of drug-likeness (QED) is 0.783. The summed E-state index contributed by atoms with van der Waals surface area (Å²) in [6.07, 6.45) is -0.326. The van der Waals surface area contributed by atoms with Crippen LogP contribution in [0, 0.1) is 0 Å². The first-order valence-corrected chi connectivity index (χ1v) is 6.67. The summed E-state index contributed by atoms with van der Waals surface area (Å²) in [6, 6.07) is 3.13. The molecule has 0 aliphatic heterocycles. The Morgan fingerprint density at radius 2 is 2.42 bits per heavy atom. The number of amides is 1. The summed E-state index contributed by atoms with van der Waals surface area (Å²) in [6.45, 7) is 1.77. The fourth-order valence-corrected chi connectivity index (χ4v) is 2.36. The molecule has 0 aliphatic rings. The first-order chi connectivity index (χ1) is 9.11. The topological polar surface area (TPSA) is 95.6 Å². The van der Waals surface area contributed by atoms with E-state index in [1.54, 1.807) is 6.92 Å². The van der Waals surface area contributed by atoms with E-state index in [1.807, 2.05) is 17.5 Å². The van der Waals surface area contributed by atoms with Crippen molar-refractivity contribution in [3.63, 3.8) is 0 Å². The number of aliphatic hydroxyl groups is 1. The van der Waals surface area contributed by atoms with Crippen molar-refractivity contribution >= 4 is 17.4 Å². The molecule has 2 aromatic heterocycles. The van der Waals surface area contributed by atoms with E-state index in [2.05, 4.69) is 10.3 Å². The van der Waals surface area contributed by atoms with Crippen molar-refractivity contribution in [3.8, 4) is 10.6 Å². The Hall–Kier alpha value is -1.86. The Balaban J connectivity index is 2.15. The SMILES string of the molecule is CC[C@H](NC(=O)O)C(O)c1ncc(-c2cccs2)o1. The third-order valence-corrected chi connectivity index (χ3v) is 3.55. The molecule has 19 heavy (non-hydrogen) atoms. The molecule has 3 N–H and O–H groups in total. The minimum Gasteiger partial charge on any atom is -0.465 e. The zero-order valence-electron chi connectivity index (χ0n) is 10.2. The first kappa shape index (κ1) is 13.6. The molecule has 0 saturated heterocycles. The van der Waals surface area contributed by atoms with Crippen LogP contribution in [-0.2, 0) is 0 Å². The van der Waals surface area contributed by atoms with Crippen LogP contribution >= 0.6 is 11.3 Å². The number of aromatic nitrogens is 1. The zero-order chi connectivity index (χ0) is 13.8. The van der Waals surface area contributed by atoms with Crippen molar-refractivity contribution in [2.45, 2.75) is 25.5 Å². The van der Waals surface area contributed by atoms with Crippen molar-refractivity contribution in [2.24, 2.45) is 0 Å². The van der Waals surface area contributed by atoms with Crippen LogP contribution in [0.3, 0.4) is 0 Å². The number of hydrogen-bond donors (Lipinski definition) is 3. The second kappa shape index (κ2) is 5.85. The molecule has 0 bridgehead atoms. The van der Waals surface area contributed by atoms with Gasteiger partial charge >= 0.3 is 6.09 Å². The number of thiophene rings is 1. The molecule has 0 aromatic carbocycles. The summed E-state index contributed by atoms with van der Waals surface area (Å²) in [5, 5.41) is 22.9. The maximum absolute atomic E-state index is 10.6. The number of nitrogens with one attached hydrogen (secondary N) is 1. The minimum absolute atomic E-state index is 0.115. The van der Waals surface area contributed by atoms with Crippen LogP contribution in [0.4, 0.5) is 4.79 Å². The molecule has 6 nitrogen and oxygen atoms in total. The van der Waals surface area contributed by atoms with Crippen molar-refractivity contribution in [2.75, 3.05) is 0 Å². The third kappa shape index (κ3) is 3.12. The second-order valence-corrected chi connectivity index (χ2v) is 4.90. The highest BCUT2D eigenvalue weighted by molar-refractivity contribution is 7.13. The Bertz CT molecular complexity index is 538. The van der Waals surface area contributed by atoms with Gasteiger partial charge in [0.15, 0.2) is 11.9 Å². The molecule has 2 heterocycles. The van der Waals surface area contributed by atoms with E-state index in [0.29, 0.717) is 12.2 Å². The molecule has 2 aromatic rings. The normalized spacial score (nSPS) is 14.0. The van der Waals surface area contributed by atoms with Gasteiger partial charge in [0.2, 0.25) is 5.89 Å². The van der Waals surface area contributed by atoms with E-state index < -0.39 is 18.2 Å². The van der Waals surface area contributed by atoms with Crippen molar-refractivity contribution < 1.29 is 19.4 Å². The van der Waals surface area contributed by atoms with Gasteiger partial charge in [-0.05, 0) is 17.9 Å². The number of nitrogens with zero attached hydrogens (tertiary/aromatic N) is 1. The Labute approximate surface area is 113 Å². The van der Waals surface area contributed by atoms with Crippen molar-refractivity contribution in [1.29, 1.82) is 0 Å². The van der Waals surface area contributed by atoms with Crippen LogP contribution in [0.2, 0.25) is 0 Å². The smallest absolute Gasteiger partial charge is 0.404 e. The number of hydrogen-bond acceptors (Lipinski definition) is 5. The predicted molar refractivity (Wildman–Crippen MR) is 70.0 cm³/mol. The number of rotatable bonds is 5. The number of carbonyl (C=O) groups is 1. The van der Waals surface area contributed by atoms with Crippen LogP contribution < -0.4 is 5.32 Å². The molecule has 7 heteroatoms. The van der Waals surface area contributed by atoms with Crippen LogP contribution in [0.15, 0.2) is 28.1 Å². The molecule has 2 atom stereocenters. The lowest BCUT2D eigenvalue weighted by Gasteiger charge is -2.18. The predicted octanol–water partition coefficient (Wildman–Crippen LogP) is 2.48. The molecular formula is C12H14N2O4S. The molecule has 0 spiro atoms. The van der Waals surface area contributed by atoms with Gasteiger partial charge in [-0.25, -0.2) is 9.78 Å². The summed E-state index contributed by atoms with van der Waals surface area (Å²) in [5.41, 5.74) is 0. The lowest BCUT2D eigenvalue weighted by molar-refractivity contribution is 0.0949. The van der Waals surface area contributed by atoms with Gasteiger partial charge in [-0.2, -0.15) is 0 Å². The van der Waals surface area contributed by atoms with Crippen molar-refractivity contribution in [1.82, 2.24) is 10.3 Å². The van der Waals surface area contributed by atoms with Crippen LogP contribution in [-0.4, -0.2) is 27.3 Å². The van der Waals surface area contributed by atoms with Gasteiger partial charge in [0.05, 0.1) is 17.1 Å². The standard InChI is InChI=1S/C12H14N2O4S/c1-2-7(14-12(16)17)10(15)11-13-6-8(18-11)9-4-3-5-19-9/h3-7,10,14-15H,2H2,1H3,(H,16,17)/t7-,10?/m0/s1. The van der Waals surface area contributed by atoms with Crippen LogP contribution in [0.5, 0.6) is 0 Å². The number of carboxylic acid groups (broad SMARTS) is 1. The Morgan fingerprint density at radius 1 is 1.63 bits per heavy atom. The highest BCUT2D eigenvalue weighted by Crippen LogP contribution is 2.28. The van der Waals surface area contributed by atoms with E-state index in [1.165, 1.54) is 17.5 Å². The van der Waals surface area contributed by atoms with Gasteiger partial charge in [-0.1, -0.05) is 13.0 Å². The summed E-state index contributed by atoms with van der Waals surface area (Å²) < 4.78 is 5.47. The molecule has 0 saturated carbocycles. The van der Waals surface area contributed by atoms with E-state index >= 15 is 0 Å². The van der Waals surface area contributed by atoms with E-state index in [0.717, 1.165) is 4.88 Å². The van der Waals surface area contributed by atoms with Gasteiger partial charge in [0.1, 0.15) is 0 Å². The van der Waals surface area contributed by atoms with Gasteiger partial charge in [-0.15, -0.1) is 11.3 Å². The highest BCUT2D eigenvalue weighted by Gasteiger charge is 2.25. The average Bonchev–Trinajstić information content (AvgIpc) is 3.04. The molecule has 1 amide bonds. The van der Waals surface area contributed by atoms with Gasteiger partial charge in [0.25, 0.3) is 0 Å². The third-order valence-electron chi connectivity index (χ3n) is 2.67. The fourth-order valence-electron chi connectivity index (χ4n) is 1.69. The minimum atomic E-state index is -1.18. The van der Waals surface area contributed by atoms with Crippen molar-refractivity contribution in [3.05, 3.63) is 29.6 Å². The molecule has 0 radical (unpaired) electrons. The lowest BCUT2D eigenvalue weighted by atomic mass is 10.1. The highest BCUT2D eigenvalue weighted by atomic mass is 32.1. The molecule has 2 rings (SSSR count). The first-order valence-electron chi connectivity index (χ1n) is 5.79. The van der Waals surface area contributed by atoms with Gasteiger partial charge in [0, 0.05) is 0 Å². The van der Waals surface area contributed by atoms with E-state index in [4.69, 9.17) is 9.52 Å². The van der Waals surface area contributed by atoms with Gasteiger partial charge < -0.3 is 19.9 Å². The second-order valence-electron chi connectivity index (χ2n) is 3.95. The maximum Gasteiger partial charge on any atom is 0.404 e. The number of aliphatic hydroxyl groups excluding tert-OH is 1. The zero-order valence-corrected chi connectivity index (χ0v) is 11.1. The van der Waals surface area contributed by atoms with Crippen LogP contribution in [0.1, 0.15) is 25.3 Å². The summed E-state index contributed by atoms with van der Waals surface area (Å²) in [5.74, 6) is 0.679. The average molecular weight is 282 g/mol. The Morgan fingerprint density at radius 3 is 3.00 bits per heavy atom. The monoisotopic (exact) mass is 282 g/mol. The summed E-state index contributed by atoms with van der Waals surface area (Å²) >= 11 is 1.50. The molecule has 0 fully saturated rings. The molecule has 1 unspecified atom stereocenters. The molecule has 0 aliphatic carbocycles. The molecular weight excluding hydrogens is 268 g/mol. The summed E-state index contributed by atoms with van der Waals surface area (Å²) in [4.78, 5) is 15.5. The molecule has 102 valence electrons. The van der Waals surface area contributed by atoms with Crippen LogP contribution in [0.25, 0.3) is 10.6 Å². The number of oxazole rings is 1. The fraction of sp³-hybridized carbons (Fsp3) is 0.333. The lowest BCUT2D eigenvalue weighted by Crippen LogP contribution is -2.38. The Kier molecular flexibility index (Phi) is 4.18. The van der Waals surface area contributed by atoms with E-state index in [9.17, 15) is 9.90 Å². The summed E-state index contributed by atoms with van der Waals surface area (Å²) in [7, 11) is 0. The largest absolute Gasteiger partial charge is 0.465 e.